The Labute approximate surface area is 187 Å². The molecule has 0 saturated heterocycles. The van der Waals surface area contributed by atoms with E-state index >= 15 is 0 Å². The molecule has 0 aliphatic carbocycles. The minimum Gasteiger partial charge on any atom is -0.337 e. The molecule has 1 heterocycles. The van der Waals surface area contributed by atoms with E-state index in [0.717, 1.165) is 33.6 Å². The lowest BCUT2D eigenvalue weighted by atomic mass is 10.0. The van der Waals surface area contributed by atoms with Gasteiger partial charge in [-0.2, -0.15) is 0 Å². The van der Waals surface area contributed by atoms with E-state index in [1.807, 2.05) is 60.7 Å². The maximum atomic E-state index is 4.57. The molecule has 2 N–H and O–H groups in total. The quantitative estimate of drug-likeness (QED) is 0.306. The zero-order valence-corrected chi connectivity index (χ0v) is 17.4. The highest BCUT2D eigenvalue weighted by molar-refractivity contribution is 5.85. The van der Waals surface area contributed by atoms with Crippen LogP contribution in [0.15, 0.2) is 122 Å². The van der Waals surface area contributed by atoms with Gasteiger partial charge in [0.1, 0.15) is 0 Å². The van der Waals surface area contributed by atoms with Crippen molar-refractivity contribution in [1.29, 1.82) is 0 Å². The average Bonchev–Trinajstić information content (AvgIpc) is 2.87. The first kappa shape index (κ1) is 19.5. The first-order chi connectivity index (χ1) is 15.9. The van der Waals surface area contributed by atoms with E-state index in [-0.39, 0.29) is 0 Å². The zero-order chi connectivity index (χ0) is 21.6. The van der Waals surface area contributed by atoms with Gasteiger partial charge < -0.3 is 10.6 Å². The Bertz CT molecular complexity index is 1210. The summed E-state index contributed by atoms with van der Waals surface area (Å²) in [4.78, 5) is 9.14. The van der Waals surface area contributed by atoms with Crippen molar-refractivity contribution in [3.63, 3.8) is 0 Å². The zero-order valence-electron chi connectivity index (χ0n) is 17.4. The summed E-state index contributed by atoms with van der Waals surface area (Å²) in [5.41, 5.74) is 6.44. The molecule has 5 aromatic rings. The summed E-state index contributed by atoms with van der Waals surface area (Å²) >= 11 is 0. The maximum absolute atomic E-state index is 4.57. The fourth-order valence-corrected chi connectivity index (χ4v) is 3.70. The largest absolute Gasteiger partial charge is 0.337 e. The number of aromatic nitrogens is 2. The molecule has 4 nitrogen and oxygen atoms in total. The van der Waals surface area contributed by atoms with E-state index in [4.69, 9.17) is 0 Å². The SMILES string of the molecule is c1ccc(-c2ccccc2Nc2nccnc2Nc2ccccc2-c2ccccc2)cc1. The molecule has 0 radical (unpaired) electrons. The van der Waals surface area contributed by atoms with Crippen molar-refractivity contribution in [3.8, 4) is 22.3 Å². The highest BCUT2D eigenvalue weighted by atomic mass is 15.1. The summed E-state index contributed by atoms with van der Waals surface area (Å²) in [6, 6.07) is 37.1. The molecule has 0 bridgehead atoms. The van der Waals surface area contributed by atoms with Gasteiger partial charge in [-0.25, -0.2) is 9.97 Å². The van der Waals surface area contributed by atoms with Gasteiger partial charge in [-0.1, -0.05) is 97.1 Å². The molecule has 0 unspecified atom stereocenters. The lowest BCUT2D eigenvalue weighted by Crippen LogP contribution is -2.03. The van der Waals surface area contributed by atoms with Crippen LogP contribution in [0.3, 0.4) is 0 Å². The molecule has 0 saturated carbocycles. The van der Waals surface area contributed by atoms with Gasteiger partial charge in [-0.15, -0.1) is 0 Å². The molecular formula is C28H22N4. The monoisotopic (exact) mass is 414 g/mol. The predicted octanol–water partition coefficient (Wildman–Crippen LogP) is 7.30. The third-order valence-electron chi connectivity index (χ3n) is 5.23. The molecule has 0 fully saturated rings. The van der Waals surface area contributed by atoms with Crippen LogP contribution in [0.1, 0.15) is 0 Å². The van der Waals surface area contributed by atoms with Crippen molar-refractivity contribution >= 4 is 23.0 Å². The van der Waals surface area contributed by atoms with Crippen LogP contribution >= 0.6 is 0 Å². The van der Waals surface area contributed by atoms with Gasteiger partial charge in [0.25, 0.3) is 0 Å². The fourth-order valence-electron chi connectivity index (χ4n) is 3.70. The van der Waals surface area contributed by atoms with Crippen LogP contribution in [0, 0.1) is 0 Å². The van der Waals surface area contributed by atoms with Crippen LogP contribution in [-0.2, 0) is 0 Å². The van der Waals surface area contributed by atoms with Crippen molar-refractivity contribution in [1.82, 2.24) is 9.97 Å². The smallest absolute Gasteiger partial charge is 0.173 e. The van der Waals surface area contributed by atoms with Crippen LogP contribution in [0.5, 0.6) is 0 Å². The van der Waals surface area contributed by atoms with Crippen molar-refractivity contribution in [2.75, 3.05) is 10.6 Å². The Morgan fingerprint density at radius 2 is 0.781 bits per heavy atom. The maximum Gasteiger partial charge on any atom is 0.173 e. The van der Waals surface area contributed by atoms with E-state index in [1.54, 1.807) is 12.4 Å². The normalized spacial score (nSPS) is 10.5. The first-order valence-electron chi connectivity index (χ1n) is 10.5. The Kier molecular flexibility index (Phi) is 5.58. The van der Waals surface area contributed by atoms with Gasteiger partial charge in [-0.05, 0) is 23.3 Å². The Morgan fingerprint density at radius 1 is 0.406 bits per heavy atom. The molecule has 0 atom stereocenters. The number of rotatable bonds is 6. The van der Waals surface area contributed by atoms with Crippen molar-refractivity contribution in [3.05, 3.63) is 122 Å². The summed E-state index contributed by atoms with van der Waals surface area (Å²) in [5, 5.41) is 6.97. The van der Waals surface area contributed by atoms with E-state index in [0.29, 0.717) is 11.6 Å². The summed E-state index contributed by atoms with van der Waals surface area (Å²) in [7, 11) is 0. The van der Waals surface area contributed by atoms with Gasteiger partial charge >= 0.3 is 0 Å². The highest BCUT2D eigenvalue weighted by Crippen LogP contribution is 2.34. The summed E-state index contributed by atoms with van der Waals surface area (Å²) < 4.78 is 0. The number of hydrogen-bond acceptors (Lipinski definition) is 4. The third kappa shape index (κ3) is 4.20. The van der Waals surface area contributed by atoms with Gasteiger partial charge in [-0.3, -0.25) is 0 Å². The molecule has 0 amide bonds. The first-order valence-corrected chi connectivity index (χ1v) is 10.5. The average molecular weight is 415 g/mol. The minimum absolute atomic E-state index is 0.666. The summed E-state index contributed by atoms with van der Waals surface area (Å²) in [6.45, 7) is 0. The van der Waals surface area contributed by atoms with Gasteiger partial charge in [0, 0.05) is 34.9 Å². The number of nitrogens with zero attached hydrogens (tertiary/aromatic N) is 2. The van der Waals surface area contributed by atoms with Crippen molar-refractivity contribution < 1.29 is 0 Å². The van der Waals surface area contributed by atoms with Crippen LogP contribution in [-0.4, -0.2) is 9.97 Å². The van der Waals surface area contributed by atoms with E-state index in [9.17, 15) is 0 Å². The molecule has 4 heteroatoms. The molecule has 4 aromatic carbocycles. The fraction of sp³-hybridized carbons (Fsp3) is 0. The van der Waals surface area contributed by atoms with Crippen LogP contribution in [0.2, 0.25) is 0 Å². The molecule has 1 aromatic heterocycles. The third-order valence-corrected chi connectivity index (χ3v) is 5.23. The lowest BCUT2D eigenvalue weighted by molar-refractivity contribution is 1.19. The molecule has 0 aliphatic rings. The van der Waals surface area contributed by atoms with Crippen LogP contribution in [0.4, 0.5) is 23.0 Å². The number of anilines is 4. The number of benzene rings is 4. The topological polar surface area (TPSA) is 49.8 Å². The second-order valence-corrected chi connectivity index (χ2v) is 7.33. The van der Waals surface area contributed by atoms with Crippen LogP contribution in [0.25, 0.3) is 22.3 Å². The summed E-state index contributed by atoms with van der Waals surface area (Å²) in [6.07, 6.45) is 3.39. The predicted molar refractivity (Wildman–Crippen MR) is 132 cm³/mol. The molecule has 154 valence electrons. The lowest BCUT2D eigenvalue weighted by Gasteiger charge is -2.16. The second-order valence-electron chi connectivity index (χ2n) is 7.33. The van der Waals surface area contributed by atoms with Crippen molar-refractivity contribution in [2.24, 2.45) is 0 Å². The van der Waals surface area contributed by atoms with Gasteiger partial charge in [0.15, 0.2) is 11.6 Å². The highest BCUT2D eigenvalue weighted by Gasteiger charge is 2.12. The number of para-hydroxylation sites is 2. The molecule has 5 rings (SSSR count). The Morgan fingerprint density at radius 3 is 1.22 bits per heavy atom. The van der Waals surface area contributed by atoms with E-state index < -0.39 is 0 Å². The molecule has 0 aliphatic heterocycles. The molecule has 32 heavy (non-hydrogen) atoms. The second kappa shape index (κ2) is 9.14. The molecule has 0 spiro atoms. The van der Waals surface area contributed by atoms with Gasteiger partial charge in [0.05, 0.1) is 0 Å². The van der Waals surface area contributed by atoms with E-state index in [2.05, 4.69) is 69.1 Å². The van der Waals surface area contributed by atoms with Gasteiger partial charge in [0.2, 0.25) is 0 Å². The Hall–Kier alpha value is -4.44. The molecular weight excluding hydrogens is 392 g/mol. The number of nitrogens with one attached hydrogen (secondary N) is 2. The Balaban J connectivity index is 1.49. The number of hydrogen-bond donors (Lipinski definition) is 2. The standard InChI is InChI=1S/C28H22N4/c1-3-11-21(12-4-1)23-15-7-9-17-25(23)31-27-28(30-20-19-29-27)32-26-18-10-8-16-24(26)22-13-5-2-6-14-22/h1-20H,(H,29,31)(H,30,32). The van der Waals surface area contributed by atoms with Crippen molar-refractivity contribution in [2.45, 2.75) is 0 Å². The summed E-state index contributed by atoms with van der Waals surface area (Å²) in [5.74, 6) is 1.33. The van der Waals surface area contributed by atoms with Crippen LogP contribution < -0.4 is 10.6 Å². The van der Waals surface area contributed by atoms with E-state index in [1.165, 1.54) is 0 Å². The minimum atomic E-state index is 0.666.